The van der Waals surface area contributed by atoms with Crippen molar-refractivity contribution >= 4 is 11.6 Å². The van der Waals surface area contributed by atoms with Crippen LogP contribution in [0.5, 0.6) is 5.75 Å². The van der Waals surface area contributed by atoms with Crippen LogP contribution in [0, 0.1) is 5.82 Å². The van der Waals surface area contributed by atoms with Gasteiger partial charge in [-0.1, -0.05) is 18.2 Å². The molecule has 104 valence electrons. The summed E-state index contributed by atoms with van der Waals surface area (Å²) in [5, 5.41) is 2.69. The summed E-state index contributed by atoms with van der Waals surface area (Å²) in [4.78, 5) is 11.7. The van der Waals surface area contributed by atoms with Gasteiger partial charge in [-0.15, -0.1) is 0 Å². The van der Waals surface area contributed by atoms with Gasteiger partial charge >= 0.3 is 0 Å². The fourth-order valence-electron chi connectivity index (χ4n) is 1.71. The van der Waals surface area contributed by atoms with Gasteiger partial charge in [0.2, 0.25) is 0 Å². The van der Waals surface area contributed by atoms with Crippen LogP contribution in [0.15, 0.2) is 48.5 Å². The molecule has 0 aliphatic rings. The second-order valence-electron chi connectivity index (χ2n) is 4.16. The van der Waals surface area contributed by atoms with Crippen molar-refractivity contribution < 1.29 is 13.9 Å². The fraction of sp³-hybridized carbons (Fsp3) is 0.133. The molecule has 4 nitrogen and oxygen atoms in total. The molecule has 0 atom stereocenters. The number of amides is 1. The Morgan fingerprint density at radius 1 is 1.20 bits per heavy atom. The highest BCUT2D eigenvalue weighted by molar-refractivity contribution is 5.91. The number of nitrogens with two attached hydrogens (primary N) is 1. The lowest BCUT2D eigenvalue weighted by Crippen LogP contribution is -2.20. The second-order valence-corrected chi connectivity index (χ2v) is 4.16. The summed E-state index contributed by atoms with van der Waals surface area (Å²) in [5.74, 6) is -0.257. The lowest BCUT2D eigenvalue weighted by Gasteiger charge is -2.10. The van der Waals surface area contributed by atoms with E-state index in [0.29, 0.717) is 17.0 Å². The lowest BCUT2D eigenvalue weighted by atomic mass is 10.2. The molecule has 20 heavy (non-hydrogen) atoms. The summed E-state index contributed by atoms with van der Waals surface area (Å²) in [5.41, 5.74) is 6.72. The first-order valence-corrected chi connectivity index (χ1v) is 6.15. The number of nitrogens with one attached hydrogen (secondary N) is 1. The molecule has 0 spiro atoms. The van der Waals surface area contributed by atoms with Crippen molar-refractivity contribution in [2.24, 2.45) is 5.73 Å². The summed E-state index contributed by atoms with van der Waals surface area (Å²) < 4.78 is 18.4. The molecule has 0 aliphatic heterocycles. The zero-order chi connectivity index (χ0) is 14.4. The highest BCUT2D eigenvalue weighted by Crippen LogP contribution is 2.19. The van der Waals surface area contributed by atoms with Gasteiger partial charge in [-0.05, 0) is 30.3 Å². The summed E-state index contributed by atoms with van der Waals surface area (Å²) in [6.45, 7) is -0.0130. The highest BCUT2D eigenvalue weighted by Gasteiger charge is 2.07. The molecule has 0 aromatic heterocycles. The maximum absolute atomic E-state index is 13.0. The lowest BCUT2D eigenvalue weighted by molar-refractivity contribution is -0.118. The van der Waals surface area contributed by atoms with Crippen molar-refractivity contribution in [3.05, 3.63) is 59.9 Å². The predicted octanol–water partition coefficient (Wildman–Crippen LogP) is 2.30. The van der Waals surface area contributed by atoms with Gasteiger partial charge in [-0.2, -0.15) is 0 Å². The minimum absolute atomic E-state index is 0.146. The van der Waals surface area contributed by atoms with Crippen molar-refractivity contribution in [2.45, 2.75) is 6.54 Å². The Morgan fingerprint density at radius 3 is 2.65 bits per heavy atom. The van der Waals surface area contributed by atoms with Crippen LogP contribution in [0.3, 0.4) is 0 Å². The van der Waals surface area contributed by atoms with Crippen LogP contribution in [0.4, 0.5) is 10.1 Å². The zero-order valence-corrected chi connectivity index (χ0v) is 10.8. The predicted molar refractivity (Wildman–Crippen MR) is 74.9 cm³/mol. The van der Waals surface area contributed by atoms with E-state index in [2.05, 4.69) is 5.32 Å². The Kier molecular flexibility index (Phi) is 4.68. The van der Waals surface area contributed by atoms with Crippen molar-refractivity contribution in [3.63, 3.8) is 0 Å². The molecule has 0 aliphatic carbocycles. The number of halogens is 1. The molecule has 0 unspecified atom stereocenters. The van der Waals surface area contributed by atoms with E-state index >= 15 is 0 Å². The average molecular weight is 274 g/mol. The van der Waals surface area contributed by atoms with E-state index in [9.17, 15) is 9.18 Å². The average Bonchev–Trinajstić information content (AvgIpc) is 2.47. The summed E-state index contributed by atoms with van der Waals surface area (Å²) in [6, 6.07) is 13.1. The van der Waals surface area contributed by atoms with Crippen LogP contribution in [0.2, 0.25) is 0 Å². The van der Waals surface area contributed by atoms with Crippen molar-refractivity contribution in [3.8, 4) is 5.75 Å². The first kappa shape index (κ1) is 14.0. The number of anilines is 1. The standard InChI is InChI=1S/C15H15FN2O2/c16-12-6-7-14(11(8-12)9-17)20-10-15(19)18-13-4-2-1-3-5-13/h1-8H,9-10,17H2,(H,18,19). The molecule has 0 heterocycles. The SMILES string of the molecule is NCc1cc(F)ccc1OCC(=O)Nc1ccccc1. The van der Waals surface area contributed by atoms with E-state index in [-0.39, 0.29) is 24.9 Å². The smallest absolute Gasteiger partial charge is 0.262 e. The third kappa shape index (κ3) is 3.80. The number of para-hydroxylation sites is 1. The summed E-state index contributed by atoms with van der Waals surface area (Å²) >= 11 is 0. The normalized spacial score (nSPS) is 10.1. The van der Waals surface area contributed by atoms with Crippen molar-refractivity contribution in [2.75, 3.05) is 11.9 Å². The fourth-order valence-corrected chi connectivity index (χ4v) is 1.71. The van der Waals surface area contributed by atoms with Crippen molar-refractivity contribution in [1.29, 1.82) is 0 Å². The van der Waals surface area contributed by atoms with Crippen LogP contribution in [0.25, 0.3) is 0 Å². The van der Waals surface area contributed by atoms with Crippen molar-refractivity contribution in [1.82, 2.24) is 0 Å². The van der Waals surface area contributed by atoms with Gasteiger partial charge in [0, 0.05) is 17.8 Å². The topological polar surface area (TPSA) is 64.3 Å². The van der Waals surface area contributed by atoms with Gasteiger partial charge in [-0.25, -0.2) is 4.39 Å². The van der Waals surface area contributed by atoms with Gasteiger partial charge in [0.1, 0.15) is 11.6 Å². The number of benzene rings is 2. The van der Waals surface area contributed by atoms with Gasteiger partial charge in [0.15, 0.2) is 6.61 Å². The van der Waals surface area contributed by atoms with Gasteiger partial charge in [0.05, 0.1) is 0 Å². The maximum Gasteiger partial charge on any atom is 0.262 e. The number of hydrogen-bond acceptors (Lipinski definition) is 3. The minimum atomic E-state index is -0.383. The molecule has 3 N–H and O–H groups in total. The molecule has 0 saturated carbocycles. The summed E-state index contributed by atoms with van der Waals surface area (Å²) in [6.07, 6.45) is 0. The second kappa shape index (κ2) is 6.68. The van der Waals surface area contributed by atoms with Crippen LogP contribution in [0.1, 0.15) is 5.56 Å². The molecular formula is C15H15FN2O2. The van der Waals surface area contributed by atoms with Crippen LogP contribution in [-0.2, 0) is 11.3 Å². The Hall–Kier alpha value is -2.40. The van der Waals surface area contributed by atoms with Crippen LogP contribution >= 0.6 is 0 Å². The van der Waals surface area contributed by atoms with Crippen LogP contribution < -0.4 is 15.8 Å². The Labute approximate surface area is 116 Å². The number of ether oxygens (including phenoxy) is 1. The molecule has 5 heteroatoms. The van der Waals surface area contributed by atoms with Gasteiger partial charge < -0.3 is 15.8 Å². The number of carbonyl (C=O) groups excluding carboxylic acids is 1. The monoisotopic (exact) mass is 274 g/mol. The maximum atomic E-state index is 13.0. The Bertz CT molecular complexity index is 588. The van der Waals surface area contributed by atoms with E-state index in [1.807, 2.05) is 18.2 Å². The van der Waals surface area contributed by atoms with Gasteiger partial charge in [-0.3, -0.25) is 4.79 Å². The Morgan fingerprint density at radius 2 is 1.95 bits per heavy atom. The molecule has 0 bridgehead atoms. The van der Waals surface area contributed by atoms with Gasteiger partial charge in [0.25, 0.3) is 5.91 Å². The molecular weight excluding hydrogens is 259 g/mol. The number of hydrogen-bond donors (Lipinski definition) is 2. The molecule has 2 aromatic carbocycles. The quantitative estimate of drug-likeness (QED) is 0.879. The van der Waals surface area contributed by atoms with E-state index in [1.54, 1.807) is 12.1 Å². The minimum Gasteiger partial charge on any atom is -0.483 e. The molecule has 2 rings (SSSR count). The third-order valence-corrected chi connectivity index (χ3v) is 2.66. The first-order valence-electron chi connectivity index (χ1n) is 6.15. The molecule has 1 amide bonds. The number of carbonyl (C=O) groups is 1. The van der Waals surface area contributed by atoms with E-state index in [4.69, 9.17) is 10.5 Å². The zero-order valence-electron chi connectivity index (χ0n) is 10.8. The number of rotatable bonds is 5. The highest BCUT2D eigenvalue weighted by atomic mass is 19.1. The van der Waals surface area contributed by atoms with E-state index in [1.165, 1.54) is 18.2 Å². The molecule has 0 fully saturated rings. The van der Waals surface area contributed by atoms with Crippen LogP contribution in [-0.4, -0.2) is 12.5 Å². The van der Waals surface area contributed by atoms with E-state index < -0.39 is 0 Å². The first-order chi connectivity index (χ1) is 9.69. The Balaban J connectivity index is 1.93. The van der Waals surface area contributed by atoms with E-state index in [0.717, 1.165) is 0 Å². The third-order valence-electron chi connectivity index (χ3n) is 2.66. The largest absolute Gasteiger partial charge is 0.483 e. The molecule has 0 radical (unpaired) electrons. The molecule has 2 aromatic rings. The summed E-state index contributed by atoms with van der Waals surface area (Å²) in [7, 11) is 0. The molecule has 0 saturated heterocycles.